The smallest absolute Gasteiger partial charge is 0.209 e. The molecule has 5 nitrogen and oxygen atoms in total. The fourth-order valence-corrected chi connectivity index (χ4v) is 3.53. The van der Waals surface area contributed by atoms with Crippen LogP contribution in [0.15, 0.2) is 53.2 Å². The lowest BCUT2D eigenvalue weighted by Gasteiger charge is -2.35. The van der Waals surface area contributed by atoms with Gasteiger partial charge in [0.1, 0.15) is 0 Å². The Kier molecular flexibility index (Phi) is 8.28. The highest BCUT2D eigenvalue weighted by Crippen LogP contribution is 2.28. The number of nitrogens with one attached hydrogen (secondary N) is 1. The summed E-state index contributed by atoms with van der Waals surface area (Å²) in [6, 6.07) is 12.0. The molecule has 1 aromatic carbocycles. The summed E-state index contributed by atoms with van der Waals surface area (Å²) >= 11 is 5.98. The number of aromatic nitrogens is 2. The van der Waals surface area contributed by atoms with Crippen LogP contribution >= 0.6 is 36.4 Å². The molecule has 4 rings (SSSR count). The fourth-order valence-electron chi connectivity index (χ4n) is 3.40. The van der Waals surface area contributed by atoms with Crippen LogP contribution in [0.1, 0.15) is 23.2 Å². The average Bonchev–Trinajstić information content (AvgIpc) is 3.04. The highest BCUT2D eigenvalue weighted by molar-refractivity contribution is 6.30. The Morgan fingerprint density at radius 1 is 1.21 bits per heavy atom. The molecule has 150 valence electrons. The summed E-state index contributed by atoms with van der Waals surface area (Å²) in [5.41, 5.74) is 3.10. The normalized spacial score (nSPS) is 16.9. The predicted octanol–water partition coefficient (Wildman–Crippen LogP) is 4.69. The molecule has 1 unspecified atom stereocenters. The van der Waals surface area contributed by atoms with Gasteiger partial charge in [0.15, 0.2) is 5.76 Å². The Morgan fingerprint density at radius 2 is 2.00 bits per heavy atom. The number of hydrogen-bond donors (Lipinski definition) is 1. The number of piperazine rings is 1. The van der Waals surface area contributed by atoms with Crippen molar-refractivity contribution in [2.24, 2.45) is 0 Å². The quantitative estimate of drug-likeness (QED) is 0.636. The number of benzene rings is 1. The van der Waals surface area contributed by atoms with E-state index in [4.69, 9.17) is 16.0 Å². The topological polar surface area (TPSA) is 54.2 Å². The molecule has 3 aromatic rings. The molecule has 1 aliphatic rings. The third-order valence-electron chi connectivity index (χ3n) is 4.71. The van der Waals surface area contributed by atoms with Crippen LogP contribution in [0.3, 0.4) is 0 Å². The van der Waals surface area contributed by atoms with Gasteiger partial charge in [-0.05, 0) is 42.8 Å². The standard InChI is InChI=1S/C20H21ClN4O.2ClH/c1-14-20(15-4-6-17(21)7-5-15)26-19(24-14)13-25-10-9-23-12-18(25)16-3-2-8-22-11-16;;/h2-8,11,18,23H,9-10,12-13H2,1H3;2*1H. The van der Waals surface area contributed by atoms with Gasteiger partial charge in [-0.15, -0.1) is 24.8 Å². The number of halogens is 3. The zero-order valence-electron chi connectivity index (χ0n) is 15.5. The first-order chi connectivity index (χ1) is 12.7. The summed E-state index contributed by atoms with van der Waals surface area (Å²) in [6.45, 7) is 5.45. The molecule has 1 atom stereocenters. The molecule has 0 saturated carbocycles. The maximum atomic E-state index is 6.10. The van der Waals surface area contributed by atoms with Crippen LogP contribution in [-0.4, -0.2) is 34.5 Å². The first kappa shape index (κ1) is 22.7. The van der Waals surface area contributed by atoms with Gasteiger partial charge in [-0.2, -0.15) is 0 Å². The van der Waals surface area contributed by atoms with Gasteiger partial charge in [0.25, 0.3) is 0 Å². The van der Waals surface area contributed by atoms with E-state index >= 15 is 0 Å². The lowest BCUT2D eigenvalue weighted by molar-refractivity contribution is 0.140. The number of rotatable bonds is 4. The Labute approximate surface area is 182 Å². The SMILES string of the molecule is Cc1nc(CN2CCNCC2c2cccnc2)oc1-c1ccc(Cl)cc1.Cl.Cl. The first-order valence-electron chi connectivity index (χ1n) is 8.77. The van der Waals surface area contributed by atoms with Gasteiger partial charge in [0, 0.05) is 48.7 Å². The van der Waals surface area contributed by atoms with E-state index in [1.807, 2.05) is 43.5 Å². The van der Waals surface area contributed by atoms with E-state index in [2.05, 4.69) is 26.3 Å². The molecular formula is C20H23Cl3N4O. The second-order valence-corrected chi connectivity index (χ2v) is 6.94. The van der Waals surface area contributed by atoms with E-state index in [9.17, 15) is 0 Å². The zero-order chi connectivity index (χ0) is 17.9. The van der Waals surface area contributed by atoms with Gasteiger partial charge < -0.3 is 9.73 Å². The molecule has 0 spiro atoms. The van der Waals surface area contributed by atoms with Crippen LogP contribution in [0.4, 0.5) is 0 Å². The van der Waals surface area contributed by atoms with Crippen LogP contribution < -0.4 is 5.32 Å². The zero-order valence-corrected chi connectivity index (χ0v) is 17.9. The molecule has 2 aromatic heterocycles. The lowest BCUT2D eigenvalue weighted by Crippen LogP contribution is -2.45. The van der Waals surface area contributed by atoms with Crippen molar-refractivity contribution in [3.8, 4) is 11.3 Å². The van der Waals surface area contributed by atoms with Gasteiger partial charge in [-0.1, -0.05) is 17.7 Å². The highest BCUT2D eigenvalue weighted by Gasteiger charge is 2.26. The van der Waals surface area contributed by atoms with E-state index in [1.165, 1.54) is 5.56 Å². The van der Waals surface area contributed by atoms with Gasteiger partial charge in [-0.3, -0.25) is 9.88 Å². The summed E-state index contributed by atoms with van der Waals surface area (Å²) < 4.78 is 6.10. The molecule has 0 bridgehead atoms. The van der Waals surface area contributed by atoms with Crippen LogP contribution in [0.25, 0.3) is 11.3 Å². The lowest BCUT2D eigenvalue weighted by atomic mass is 10.1. The number of aryl methyl sites for hydroxylation is 1. The van der Waals surface area contributed by atoms with Crippen molar-refractivity contribution in [3.05, 3.63) is 71.0 Å². The van der Waals surface area contributed by atoms with Crippen molar-refractivity contribution >= 4 is 36.4 Å². The summed E-state index contributed by atoms with van der Waals surface area (Å²) in [5.74, 6) is 1.55. The molecule has 0 radical (unpaired) electrons. The van der Waals surface area contributed by atoms with Gasteiger partial charge >= 0.3 is 0 Å². The van der Waals surface area contributed by atoms with E-state index in [0.717, 1.165) is 42.5 Å². The Morgan fingerprint density at radius 3 is 2.71 bits per heavy atom. The largest absolute Gasteiger partial charge is 0.439 e. The Bertz CT molecular complexity index is 871. The van der Waals surface area contributed by atoms with E-state index < -0.39 is 0 Å². The molecule has 1 aliphatic heterocycles. The van der Waals surface area contributed by atoms with Crippen LogP contribution in [0.5, 0.6) is 0 Å². The van der Waals surface area contributed by atoms with Crippen molar-refractivity contribution in [2.75, 3.05) is 19.6 Å². The van der Waals surface area contributed by atoms with Crippen molar-refractivity contribution < 1.29 is 4.42 Å². The maximum Gasteiger partial charge on any atom is 0.209 e. The minimum absolute atomic E-state index is 0. The summed E-state index contributed by atoms with van der Waals surface area (Å²) in [7, 11) is 0. The van der Waals surface area contributed by atoms with Gasteiger partial charge in [0.2, 0.25) is 5.89 Å². The molecular weight excluding hydrogens is 419 g/mol. The second-order valence-electron chi connectivity index (χ2n) is 6.51. The molecule has 0 amide bonds. The van der Waals surface area contributed by atoms with Crippen molar-refractivity contribution in [2.45, 2.75) is 19.5 Å². The first-order valence-corrected chi connectivity index (χ1v) is 9.15. The summed E-state index contributed by atoms with van der Waals surface area (Å²) in [6.07, 6.45) is 3.74. The molecule has 1 saturated heterocycles. The second kappa shape index (κ2) is 10.2. The molecule has 1 fully saturated rings. The minimum Gasteiger partial charge on any atom is -0.439 e. The predicted molar refractivity (Wildman–Crippen MR) is 116 cm³/mol. The summed E-state index contributed by atoms with van der Waals surface area (Å²) in [5, 5.41) is 4.18. The third-order valence-corrected chi connectivity index (χ3v) is 4.96. The highest BCUT2D eigenvalue weighted by atomic mass is 35.5. The van der Waals surface area contributed by atoms with Crippen LogP contribution in [0.2, 0.25) is 5.02 Å². The molecule has 28 heavy (non-hydrogen) atoms. The maximum absolute atomic E-state index is 6.10. The van der Waals surface area contributed by atoms with E-state index in [0.29, 0.717) is 11.6 Å². The fraction of sp³-hybridized carbons (Fsp3) is 0.300. The monoisotopic (exact) mass is 440 g/mol. The number of nitrogens with zero attached hydrogens (tertiary/aromatic N) is 3. The average molecular weight is 442 g/mol. The molecule has 8 heteroatoms. The summed E-state index contributed by atoms with van der Waals surface area (Å²) in [4.78, 5) is 11.3. The Balaban J connectivity index is 0.00000140. The van der Waals surface area contributed by atoms with Crippen LogP contribution in [0, 0.1) is 6.92 Å². The number of oxazole rings is 1. The molecule has 3 heterocycles. The van der Waals surface area contributed by atoms with Gasteiger partial charge in [0.05, 0.1) is 12.2 Å². The molecule has 0 aliphatic carbocycles. The van der Waals surface area contributed by atoms with E-state index in [-0.39, 0.29) is 30.9 Å². The number of pyridine rings is 1. The van der Waals surface area contributed by atoms with E-state index in [1.54, 1.807) is 6.20 Å². The van der Waals surface area contributed by atoms with Crippen LogP contribution in [-0.2, 0) is 6.54 Å². The Hall–Kier alpha value is -1.63. The van der Waals surface area contributed by atoms with Crippen molar-refractivity contribution in [1.29, 1.82) is 0 Å². The third kappa shape index (κ3) is 5.04. The van der Waals surface area contributed by atoms with Gasteiger partial charge in [-0.25, -0.2) is 4.98 Å². The molecule has 1 N–H and O–H groups in total. The number of hydrogen-bond acceptors (Lipinski definition) is 5. The minimum atomic E-state index is 0. The van der Waals surface area contributed by atoms with Crippen molar-refractivity contribution in [3.63, 3.8) is 0 Å². The van der Waals surface area contributed by atoms with Crippen molar-refractivity contribution in [1.82, 2.24) is 20.2 Å².